The Kier molecular flexibility index (Phi) is 3.21. The van der Waals surface area contributed by atoms with E-state index < -0.39 is 0 Å². The van der Waals surface area contributed by atoms with E-state index in [0.29, 0.717) is 11.8 Å². The Hall–Kier alpha value is -0.710. The Morgan fingerprint density at radius 3 is 2.61 bits per heavy atom. The number of fused-ring (bicyclic) bond motifs is 3. The summed E-state index contributed by atoms with van der Waals surface area (Å²) in [7, 11) is 0. The van der Waals surface area contributed by atoms with Gasteiger partial charge in [-0.1, -0.05) is 20.8 Å². The van der Waals surface area contributed by atoms with Crippen molar-refractivity contribution in [3.05, 3.63) is 0 Å². The second-order valence-corrected chi connectivity index (χ2v) is 10.4. The number of thioether (sulfide) groups is 1. The van der Waals surface area contributed by atoms with Crippen molar-refractivity contribution in [2.75, 3.05) is 5.75 Å². The van der Waals surface area contributed by atoms with Gasteiger partial charge in [-0.05, 0) is 49.4 Å². The fraction of sp³-hybridized carbons (Fsp3) is 0.889. The van der Waals surface area contributed by atoms with Crippen molar-refractivity contribution in [2.24, 2.45) is 16.7 Å². The molecule has 2 saturated carbocycles. The Balaban J connectivity index is 1.51. The molecule has 2 aliphatic carbocycles. The van der Waals surface area contributed by atoms with Crippen LogP contribution in [0.4, 0.5) is 0 Å². The van der Waals surface area contributed by atoms with Crippen molar-refractivity contribution < 1.29 is 9.59 Å². The van der Waals surface area contributed by atoms with E-state index in [1.165, 1.54) is 12.8 Å². The molecule has 4 fully saturated rings. The van der Waals surface area contributed by atoms with Gasteiger partial charge in [0.1, 0.15) is 6.04 Å². The molecule has 4 rings (SSSR count). The maximum absolute atomic E-state index is 12.9. The van der Waals surface area contributed by atoms with Crippen molar-refractivity contribution in [3.8, 4) is 0 Å². The van der Waals surface area contributed by atoms with E-state index in [9.17, 15) is 9.59 Å². The van der Waals surface area contributed by atoms with Crippen LogP contribution in [0.25, 0.3) is 0 Å². The van der Waals surface area contributed by atoms with E-state index in [1.807, 2.05) is 4.90 Å². The van der Waals surface area contributed by atoms with Gasteiger partial charge in [0.05, 0.1) is 4.87 Å². The minimum atomic E-state index is -0.272. The highest BCUT2D eigenvalue weighted by Crippen LogP contribution is 2.65. The van der Waals surface area contributed by atoms with Gasteiger partial charge in [0.2, 0.25) is 11.8 Å². The average molecular weight is 337 g/mol. The van der Waals surface area contributed by atoms with Gasteiger partial charge in [-0.25, -0.2) is 0 Å². The predicted octanol–water partition coefficient (Wildman–Crippen LogP) is 2.77. The van der Waals surface area contributed by atoms with Gasteiger partial charge in [0.25, 0.3) is 0 Å². The molecule has 5 heteroatoms. The molecule has 23 heavy (non-hydrogen) atoms. The van der Waals surface area contributed by atoms with Crippen LogP contribution in [0.15, 0.2) is 0 Å². The van der Waals surface area contributed by atoms with Crippen LogP contribution in [-0.4, -0.2) is 39.4 Å². The predicted molar refractivity (Wildman–Crippen MR) is 91.9 cm³/mol. The second kappa shape index (κ2) is 4.68. The smallest absolute Gasteiger partial charge is 0.243 e. The van der Waals surface area contributed by atoms with E-state index in [2.05, 4.69) is 33.0 Å². The van der Waals surface area contributed by atoms with Crippen LogP contribution in [0.5, 0.6) is 0 Å². The number of carbonyl (C=O) groups is 2. The number of carbonyl (C=O) groups excluding carboxylic acids is 2. The molecule has 0 aromatic carbocycles. The summed E-state index contributed by atoms with van der Waals surface area (Å²) in [5.74, 6) is 1.68. The Morgan fingerprint density at radius 2 is 2.00 bits per heavy atom. The first-order valence-electron chi connectivity index (χ1n) is 8.95. The first kappa shape index (κ1) is 15.8. The molecule has 5 atom stereocenters. The molecule has 0 aromatic rings. The fourth-order valence-corrected chi connectivity index (χ4v) is 7.14. The molecular weight excluding hydrogens is 308 g/mol. The summed E-state index contributed by atoms with van der Waals surface area (Å²) < 4.78 is 0. The Morgan fingerprint density at radius 1 is 1.26 bits per heavy atom. The Bertz CT molecular complexity index is 577. The number of nitrogens with zero attached hydrogens (tertiary/aromatic N) is 1. The molecule has 0 spiro atoms. The summed E-state index contributed by atoms with van der Waals surface area (Å²) >= 11 is 1.77. The topological polar surface area (TPSA) is 49.4 Å². The van der Waals surface area contributed by atoms with Gasteiger partial charge in [0, 0.05) is 18.2 Å². The summed E-state index contributed by atoms with van der Waals surface area (Å²) in [6, 6.07) is -0.0100. The number of amides is 2. The zero-order chi connectivity index (χ0) is 16.6. The van der Waals surface area contributed by atoms with Crippen LogP contribution in [0.3, 0.4) is 0 Å². The molecule has 2 saturated heterocycles. The van der Waals surface area contributed by atoms with Crippen LogP contribution in [0, 0.1) is 16.7 Å². The summed E-state index contributed by atoms with van der Waals surface area (Å²) in [4.78, 5) is 26.9. The van der Waals surface area contributed by atoms with Gasteiger partial charge in [-0.3, -0.25) is 9.59 Å². The highest BCUT2D eigenvalue weighted by atomic mass is 32.2. The van der Waals surface area contributed by atoms with Crippen LogP contribution in [0.2, 0.25) is 0 Å². The Labute approximate surface area is 143 Å². The average Bonchev–Trinajstić information content (AvgIpc) is 3.09. The number of rotatable bonds is 2. The largest absolute Gasteiger partial charge is 0.351 e. The summed E-state index contributed by atoms with van der Waals surface area (Å²) in [6.45, 7) is 9.18. The fourth-order valence-electron chi connectivity index (χ4n) is 5.70. The van der Waals surface area contributed by atoms with Crippen molar-refractivity contribution in [1.29, 1.82) is 0 Å². The van der Waals surface area contributed by atoms with Gasteiger partial charge < -0.3 is 10.2 Å². The molecule has 4 aliphatic rings. The normalized spacial score (nSPS) is 47.2. The SMILES string of the molecule is CC1(C)[C@@H]2CC[C@]1(C)[C@@H](NC(=O)[C@H]1CS[C@@]3(C)CCC(=O)N13)C2. The van der Waals surface area contributed by atoms with Crippen molar-refractivity contribution in [2.45, 2.75) is 76.8 Å². The molecule has 2 bridgehead atoms. The molecule has 2 aliphatic heterocycles. The van der Waals surface area contributed by atoms with E-state index in [-0.39, 0.29) is 34.2 Å². The molecule has 4 nitrogen and oxygen atoms in total. The monoisotopic (exact) mass is 336 g/mol. The highest BCUT2D eigenvalue weighted by Gasteiger charge is 2.62. The molecule has 0 aromatic heterocycles. The third kappa shape index (κ3) is 1.92. The van der Waals surface area contributed by atoms with E-state index >= 15 is 0 Å². The first-order valence-corrected chi connectivity index (χ1v) is 9.94. The molecule has 2 heterocycles. The van der Waals surface area contributed by atoms with Crippen molar-refractivity contribution in [3.63, 3.8) is 0 Å². The lowest BCUT2D eigenvalue weighted by atomic mass is 9.69. The van der Waals surface area contributed by atoms with Gasteiger partial charge >= 0.3 is 0 Å². The number of nitrogens with one attached hydrogen (secondary N) is 1. The van der Waals surface area contributed by atoms with Crippen molar-refractivity contribution in [1.82, 2.24) is 10.2 Å². The lowest BCUT2D eigenvalue weighted by Gasteiger charge is -2.40. The maximum Gasteiger partial charge on any atom is 0.243 e. The number of hydrogen-bond acceptors (Lipinski definition) is 3. The number of hydrogen-bond donors (Lipinski definition) is 1. The standard InChI is InChI=1S/C18H28N2O2S/c1-16(2)11-5-7-17(16,3)13(9-11)19-15(22)12-10-23-18(4)8-6-14(21)20(12)18/h11-13H,5-10H2,1-4H3,(H,19,22)/t11-,12-,13+,17-,18+/m1/s1. The van der Waals surface area contributed by atoms with E-state index in [0.717, 1.165) is 24.5 Å². The van der Waals surface area contributed by atoms with Crippen LogP contribution < -0.4 is 5.32 Å². The second-order valence-electron chi connectivity index (χ2n) is 8.94. The van der Waals surface area contributed by atoms with Gasteiger partial charge in [-0.15, -0.1) is 11.8 Å². The third-order valence-corrected chi connectivity index (χ3v) is 9.36. The van der Waals surface area contributed by atoms with Gasteiger partial charge in [-0.2, -0.15) is 0 Å². The van der Waals surface area contributed by atoms with E-state index in [4.69, 9.17) is 0 Å². The van der Waals surface area contributed by atoms with Crippen LogP contribution in [0.1, 0.15) is 59.8 Å². The zero-order valence-electron chi connectivity index (χ0n) is 14.6. The summed E-state index contributed by atoms with van der Waals surface area (Å²) in [5.41, 5.74) is 0.491. The van der Waals surface area contributed by atoms with Crippen molar-refractivity contribution >= 4 is 23.6 Å². The minimum Gasteiger partial charge on any atom is -0.351 e. The summed E-state index contributed by atoms with van der Waals surface area (Å²) in [5, 5.41) is 3.35. The van der Waals surface area contributed by atoms with Gasteiger partial charge in [0.15, 0.2) is 0 Å². The molecule has 2 amide bonds. The molecule has 0 unspecified atom stereocenters. The minimum absolute atomic E-state index is 0.0750. The first-order chi connectivity index (χ1) is 10.7. The van der Waals surface area contributed by atoms with Crippen LogP contribution in [-0.2, 0) is 9.59 Å². The molecule has 1 N–H and O–H groups in total. The summed E-state index contributed by atoms with van der Waals surface area (Å²) in [6.07, 6.45) is 5.05. The van der Waals surface area contributed by atoms with E-state index in [1.54, 1.807) is 11.8 Å². The lowest BCUT2D eigenvalue weighted by Crippen LogP contribution is -2.55. The molecule has 0 radical (unpaired) electrons. The quantitative estimate of drug-likeness (QED) is 0.843. The van der Waals surface area contributed by atoms with Crippen LogP contribution >= 0.6 is 11.8 Å². The highest BCUT2D eigenvalue weighted by molar-refractivity contribution is 8.01. The maximum atomic E-state index is 12.9. The zero-order valence-corrected chi connectivity index (χ0v) is 15.5. The third-order valence-electron chi connectivity index (χ3n) is 7.86. The molecular formula is C18H28N2O2S. The lowest BCUT2D eigenvalue weighted by molar-refractivity contribution is -0.138. The molecule has 128 valence electrons.